The van der Waals surface area contributed by atoms with E-state index in [2.05, 4.69) is 62.7 Å². The van der Waals surface area contributed by atoms with Crippen molar-refractivity contribution in [1.29, 1.82) is 0 Å². The lowest BCUT2D eigenvalue weighted by molar-refractivity contribution is 0.0946. The molecular formula is C19H17N3OS2. The van der Waals surface area contributed by atoms with Gasteiger partial charge >= 0.3 is 0 Å². The van der Waals surface area contributed by atoms with Crippen LogP contribution in [-0.4, -0.2) is 22.1 Å². The van der Waals surface area contributed by atoms with Crippen LogP contribution >= 0.6 is 22.7 Å². The number of aromatic nitrogens is 2. The number of H-pyrrole nitrogens is 1. The quantitative estimate of drug-likeness (QED) is 0.733. The molecule has 1 fully saturated rings. The van der Waals surface area contributed by atoms with Gasteiger partial charge < -0.3 is 5.32 Å². The minimum atomic E-state index is -0.174. The van der Waals surface area contributed by atoms with Gasteiger partial charge in [-0.25, -0.2) is 0 Å². The number of nitrogens with one attached hydrogen (secondary N) is 2. The topological polar surface area (TPSA) is 57.8 Å². The Morgan fingerprint density at radius 1 is 1.20 bits per heavy atom. The maximum absolute atomic E-state index is 12.4. The molecule has 0 bridgehead atoms. The summed E-state index contributed by atoms with van der Waals surface area (Å²) in [6, 6.07) is 8.91. The van der Waals surface area contributed by atoms with E-state index in [4.69, 9.17) is 0 Å². The Bertz CT molecular complexity index is 899. The molecule has 1 saturated carbocycles. The molecule has 1 amide bonds. The molecule has 3 heterocycles. The first kappa shape index (κ1) is 15.1. The van der Waals surface area contributed by atoms with Crippen molar-refractivity contribution in [2.75, 3.05) is 0 Å². The number of hydrogen-bond donors (Lipinski definition) is 2. The number of aromatic amines is 1. The number of rotatable bonds is 4. The highest BCUT2D eigenvalue weighted by molar-refractivity contribution is 7.11. The van der Waals surface area contributed by atoms with Crippen LogP contribution in [0.2, 0.25) is 0 Å². The number of nitrogens with zero attached hydrogens (tertiary/aromatic N) is 1. The maximum Gasteiger partial charge on any atom is 0.272 e. The lowest BCUT2D eigenvalue weighted by atomic mass is 9.76. The lowest BCUT2D eigenvalue weighted by Gasteiger charge is -2.31. The summed E-state index contributed by atoms with van der Waals surface area (Å²) < 4.78 is 0. The summed E-state index contributed by atoms with van der Waals surface area (Å²) in [7, 11) is 0. The van der Waals surface area contributed by atoms with Crippen LogP contribution in [0.4, 0.5) is 0 Å². The Balaban J connectivity index is 1.56. The summed E-state index contributed by atoms with van der Waals surface area (Å²) in [6.45, 7) is 0. The van der Waals surface area contributed by atoms with E-state index in [1.165, 1.54) is 9.75 Å². The summed E-state index contributed by atoms with van der Waals surface area (Å²) in [5, 5.41) is 14.7. The molecule has 3 aromatic rings. The fourth-order valence-electron chi connectivity index (χ4n) is 3.44. The van der Waals surface area contributed by atoms with E-state index in [1.54, 1.807) is 22.7 Å². The van der Waals surface area contributed by atoms with Gasteiger partial charge in [0.15, 0.2) is 5.69 Å². The molecule has 126 valence electrons. The molecule has 2 N–H and O–H groups in total. The van der Waals surface area contributed by atoms with Gasteiger partial charge in [0, 0.05) is 33.5 Å². The first-order valence-electron chi connectivity index (χ1n) is 8.41. The zero-order chi connectivity index (χ0) is 16.9. The highest BCUT2D eigenvalue weighted by Crippen LogP contribution is 2.45. The van der Waals surface area contributed by atoms with Crippen LogP contribution in [0.5, 0.6) is 0 Å². The van der Waals surface area contributed by atoms with E-state index < -0.39 is 0 Å². The molecule has 4 nitrogen and oxygen atoms in total. The van der Waals surface area contributed by atoms with Gasteiger partial charge in [-0.15, -0.1) is 22.7 Å². The first-order chi connectivity index (χ1) is 12.3. The van der Waals surface area contributed by atoms with Crippen LogP contribution in [-0.2, 0) is 11.8 Å². The number of thiophene rings is 2. The molecule has 0 aliphatic heterocycles. The van der Waals surface area contributed by atoms with Crippen molar-refractivity contribution >= 4 is 34.7 Å². The van der Waals surface area contributed by atoms with Gasteiger partial charge in [-0.3, -0.25) is 9.89 Å². The summed E-state index contributed by atoms with van der Waals surface area (Å²) in [5.41, 5.74) is 2.31. The van der Waals surface area contributed by atoms with Crippen molar-refractivity contribution in [3.63, 3.8) is 0 Å². The smallest absolute Gasteiger partial charge is 0.272 e. The second-order valence-electron chi connectivity index (χ2n) is 6.65. The summed E-state index contributed by atoms with van der Waals surface area (Å²) in [4.78, 5) is 15.1. The maximum atomic E-state index is 12.4. The summed E-state index contributed by atoms with van der Waals surface area (Å²) in [6.07, 6.45) is 7.27. The van der Waals surface area contributed by atoms with E-state index in [9.17, 15) is 4.79 Å². The predicted octanol–water partition coefficient (Wildman–Crippen LogP) is 3.98. The zero-order valence-corrected chi connectivity index (χ0v) is 15.1. The van der Waals surface area contributed by atoms with Crippen LogP contribution in [0.25, 0.3) is 6.08 Å². The molecule has 0 saturated heterocycles. The Morgan fingerprint density at radius 2 is 1.92 bits per heavy atom. The Hall–Kier alpha value is -2.18. The third kappa shape index (κ3) is 2.48. The normalized spacial score (nSPS) is 18.1. The second-order valence-corrected chi connectivity index (χ2v) is 8.54. The van der Waals surface area contributed by atoms with Crippen molar-refractivity contribution in [2.45, 2.75) is 30.7 Å². The van der Waals surface area contributed by atoms with E-state index in [-0.39, 0.29) is 11.3 Å². The van der Waals surface area contributed by atoms with Gasteiger partial charge in [0.1, 0.15) is 0 Å². The molecule has 0 atom stereocenters. The number of carbonyl (C=O) groups is 1. The van der Waals surface area contributed by atoms with Gasteiger partial charge in [0.25, 0.3) is 5.91 Å². The second kappa shape index (κ2) is 5.68. The number of carbonyl (C=O) groups excluding carboxylic acids is 1. The molecule has 0 aromatic carbocycles. The molecule has 2 aliphatic rings. The van der Waals surface area contributed by atoms with Gasteiger partial charge in [-0.05, 0) is 35.7 Å². The molecule has 0 spiro atoms. The fourth-order valence-corrected chi connectivity index (χ4v) is 5.35. The standard InChI is InChI=1S/C19H17N3OS2/c23-18(20-12-5-6-12)17-13-7-8-19(11-14(13)21-22-17,15-3-1-9-24-15)16-4-2-10-25-16/h1-4,7-10,12H,5-6,11H2,(H,20,23)(H,21,22). The summed E-state index contributed by atoms with van der Waals surface area (Å²) >= 11 is 3.55. The Morgan fingerprint density at radius 3 is 2.52 bits per heavy atom. The lowest BCUT2D eigenvalue weighted by Crippen LogP contribution is -2.29. The first-order valence-corrected chi connectivity index (χ1v) is 10.2. The van der Waals surface area contributed by atoms with Gasteiger partial charge in [-0.1, -0.05) is 24.3 Å². The minimum Gasteiger partial charge on any atom is -0.348 e. The van der Waals surface area contributed by atoms with Crippen molar-refractivity contribution in [2.24, 2.45) is 0 Å². The van der Waals surface area contributed by atoms with Crippen molar-refractivity contribution < 1.29 is 4.79 Å². The minimum absolute atomic E-state index is 0.0654. The largest absolute Gasteiger partial charge is 0.348 e. The zero-order valence-electron chi connectivity index (χ0n) is 13.5. The average Bonchev–Trinajstić information content (AvgIpc) is 3.12. The Kier molecular flexibility index (Phi) is 3.43. The van der Waals surface area contributed by atoms with Crippen molar-refractivity contribution in [1.82, 2.24) is 15.5 Å². The number of fused-ring (bicyclic) bond motifs is 1. The average molecular weight is 367 g/mol. The Labute approximate surface area is 153 Å². The highest BCUT2D eigenvalue weighted by atomic mass is 32.1. The molecule has 6 heteroatoms. The monoisotopic (exact) mass is 367 g/mol. The van der Waals surface area contributed by atoms with Crippen molar-refractivity contribution in [3.8, 4) is 0 Å². The third-order valence-electron chi connectivity index (χ3n) is 4.92. The number of hydrogen-bond acceptors (Lipinski definition) is 4. The molecule has 0 radical (unpaired) electrons. The number of amides is 1. The van der Waals surface area contributed by atoms with Gasteiger partial charge in [-0.2, -0.15) is 5.10 Å². The van der Waals surface area contributed by atoms with Crippen LogP contribution in [0.1, 0.15) is 44.3 Å². The highest BCUT2D eigenvalue weighted by Gasteiger charge is 2.39. The van der Waals surface area contributed by atoms with Crippen LogP contribution in [0.15, 0.2) is 41.1 Å². The van der Waals surface area contributed by atoms with Gasteiger partial charge in [0.2, 0.25) is 0 Å². The molecule has 3 aromatic heterocycles. The molecule has 0 unspecified atom stereocenters. The van der Waals surface area contributed by atoms with E-state index in [0.29, 0.717) is 11.7 Å². The number of allylic oxidation sites excluding steroid dienone is 1. The van der Waals surface area contributed by atoms with E-state index in [0.717, 1.165) is 30.5 Å². The van der Waals surface area contributed by atoms with E-state index in [1.807, 2.05) is 0 Å². The third-order valence-corrected chi connectivity index (χ3v) is 7.02. The predicted molar refractivity (Wildman–Crippen MR) is 101 cm³/mol. The van der Waals surface area contributed by atoms with Crippen LogP contribution in [0.3, 0.4) is 0 Å². The van der Waals surface area contributed by atoms with Crippen LogP contribution in [0, 0.1) is 0 Å². The van der Waals surface area contributed by atoms with Gasteiger partial charge in [0.05, 0.1) is 5.41 Å². The molecule has 25 heavy (non-hydrogen) atoms. The molecule has 2 aliphatic carbocycles. The fraction of sp³-hybridized carbons (Fsp3) is 0.263. The molecule has 5 rings (SSSR count). The van der Waals surface area contributed by atoms with Crippen LogP contribution < -0.4 is 5.32 Å². The van der Waals surface area contributed by atoms with Crippen molar-refractivity contribution in [3.05, 3.63) is 67.8 Å². The summed E-state index contributed by atoms with van der Waals surface area (Å²) in [5.74, 6) is -0.0654. The SMILES string of the molecule is O=C(NC1CC1)c1n[nH]c2c1C=CC(c1cccs1)(c1cccs1)C2. The van der Waals surface area contributed by atoms with E-state index >= 15 is 0 Å². The molecular weight excluding hydrogens is 350 g/mol.